The van der Waals surface area contributed by atoms with Gasteiger partial charge in [0, 0.05) is 24.4 Å². The third-order valence-electron chi connectivity index (χ3n) is 2.94. The standard InChI is InChI=1S/C15H16ClFN2/c1-2-18-15(10-12-5-3-4-8-19-12)11-6-7-14(17)13(16)9-11/h3-9,15,18H,2,10H2,1H3. The quantitative estimate of drug-likeness (QED) is 0.901. The van der Waals surface area contributed by atoms with Crippen LogP contribution in [0.5, 0.6) is 0 Å². The van der Waals surface area contributed by atoms with Crippen molar-refractivity contribution < 1.29 is 4.39 Å². The smallest absolute Gasteiger partial charge is 0.141 e. The average molecular weight is 279 g/mol. The summed E-state index contributed by atoms with van der Waals surface area (Å²) in [5.74, 6) is -0.390. The van der Waals surface area contributed by atoms with E-state index in [9.17, 15) is 4.39 Å². The van der Waals surface area contributed by atoms with Gasteiger partial charge in [-0.25, -0.2) is 4.39 Å². The molecule has 1 unspecified atom stereocenters. The van der Waals surface area contributed by atoms with Gasteiger partial charge in [-0.05, 0) is 36.4 Å². The SMILES string of the molecule is CCNC(Cc1ccccn1)c1ccc(F)c(Cl)c1. The van der Waals surface area contributed by atoms with Crippen LogP contribution in [0.15, 0.2) is 42.6 Å². The number of pyridine rings is 1. The third-order valence-corrected chi connectivity index (χ3v) is 3.23. The molecule has 0 aliphatic carbocycles. The van der Waals surface area contributed by atoms with Gasteiger partial charge >= 0.3 is 0 Å². The summed E-state index contributed by atoms with van der Waals surface area (Å²) in [6.45, 7) is 2.86. The maximum absolute atomic E-state index is 13.2. The minimum Gasteiger partial charge on any atom is -0.310 e. The second kappa shape index (κ2) is 6.64. The van der Waals surface area contributed by atoms with Crippen LogP contribution < -0.4 is 5.32 Å². The number of nitrogens with zero attached hydrogens (tertiary/aromatic N) is 1. The number of aromatic nitrogens is 1. The van der Waals surface area contributed by atoms with Crippen LogP contribution in [-0.4, -0.2) is 11.5 Å². The predicted octanol–water partition coefficient (Wildman–Crippen LogP) is 3.77. The van der Waals surface area contributed by atoms with Crippen LogP contribution in [0.3, 0.4) is 0 Å². The maximum atomic E-state index is 13.2. The van der Waals surface area contributed by atoms with Gasteiger partial charge in [-0.2, -0.15) is 0 Å². The van der Waals surface area contributed by atoms with Gasteiger partial charge in [0.05, 0.1) is 5.02 Å². The second-order valence-corrected chi connectivity index (χ2v) is 4.72. The fourth-order valence-corrected chi connectivity index (χ4v) is 2.20. The van der Waals surface area contributed by atoms with Gasteiger partial charge in [0.15, 0.2) is 0 Å². The molecule has 2 nitrogen and oxygen atoms in total. The van der Waals surface area contributed by atoms with E-state index in [0.29, 0.717) is 0 Å². The topological polar surface area (TPSA) is 24.9 Å². The van der Waals surface area contributed by atoms with E-state index in [1.165, 1.54) is 6.07 Å². The van der Waals surface area contributed by atoms with Crippen molar-refractivity contribution >= 4 is 11.6 Å². The summed E-state index contributed by atoms with van der Waals surface area (Å²) in [6.07, 6.45) is 2.52. The molecule has 1 N–H and O–H groups in total. The Hall–Kier alpha value is -1.45. The number of benzene rings is 1. The molecule has 0 radical (unpaired) electrons. The van der Waals surface area contributed by atoms with Gasteiger partial charge in [0.25, 0.3) is 0 Å². The molecule has 0 aliphatic rings. The van der Waals surface area contributed by atoms with Crippen molar-refractivity contribution in [2.45, 2.75) is 19.4 Å². The third kappa shape index (κ3) is 3.75. The van der Waals surface area contributed by atoms with Gasteiger partial charge in [0.2, 0.25) is 0 Å². The zero-order valence-electron chi connectivity index (χ0n) is 10.7. The molecule has 0 bridgehead atoms. The molecule has 2 rings (SSSR count). The lowest BCUT2D eigenvalue weighted by atomic mass is 10.0. The Kier molecular flexibility index (Phi) is 4.88. The van der Waals surface area contributed by atoms with Crippen molar-refractivity contribution in [3.8, 4) is 0 Å². The monoisotopic (exact) mass is 278 g/mol. The van der Waals surface area contributed by atoms with Crippen molar-refractivity contribution in [1.29, 1.82) is 0 Å². The summed E-state index contributed by atoms with van der Waals surface area (Å²) in [4.78, 5) is 4.32. The largest absolute Gasteiger partial charge is 0.310 e. The molecule has 2 aromatic rings. The first-order valence-electron chi connectivity index (χ1n) is 6.29. The second-order valence-electron chi connectivity index (χ2n) is 4.31. The van der Waals surface area contributed by atoms with Crippen molar-refractivity contribution in [2.75, 3.05) is 6.54 Å². The summed E-state index contributed by atoms with van der Waals surface area (Å²) in [5, 5.41) is 3.53. The zero-order valence-corrected chi connectivity index (χ0v) is 11.5. The van der Waals surface area contributed by atoms with Crippen LogP contribution in [0.2, 0.25) is 5.02 Å². The van der Waals surface area contributed by atoms with E-state index in [2.05, 4.69) is 10.3 Å². The van der Waals surface area contributed by atoms with Gasteiger partial charge < -0.3 is 5.32 Å². The van der Waals surface area contributed by atoms with Gasteiger partial charge in [0.1, 0.15) is 5.82 Å². The van der Waals surface area contributed by atoms with Crippen molar-refractivity contribution in [3.63, 3.8) is 0 Å². The number of halogens is 2. The van der Waals surface area contributed by atoms with E-state index in [0.717, 1.165) is 24.2 Å². The highest BCUT2D eigenvalue weighted by atomic mass is 35.5. The predicted molar refractivity (Wildman–Crippen MR) is 75.8 cm³/mol. The Morgan fingerprint density at radius 3 is 2.79 bits per heavy atom. The van der Waals surface area contributed by atoms with Gasteiger partial charge in [-0.3, -0.25) is 4.98 Å². The number of hydrogen-bond acceptors (Lipinski definition) is 2. The molecular weight excluding hydrogens is 263 g/mol. The first-order valence-corrected chi connectivity index (χ1v) is 6.66. The molecule has 0 saturated heterocycles. The molecule has 1 aromatic heterocycles. The Bertz CT molecular complexity index is 531. The Morgan fingerprint density at radius 1 is 1.32 bits per heavy atom. The molecule has 0 amide bonds. The van der Waals surface area contributed by atoms with E-state index in [-0.39, 0.29) is 11.1 Å². The van der Waals surface area contributed by atoms with Crippen LogP contribution in [0, 0.1) is 5.82 Å². The van der Waals surface area contributed by atoms with Gasteiger partial charge in [-0.1, -0.05) is 30.7 Å². The highest BCUT2D eigenvalue weighted by molar-refractivity contribution is 6.30. The fraction of sp³-hybridized carbons (Fsp3) is 0.267. The molecule has 0 spiro atoms. The highest BCUT2D eigenvalue weighted by Gasteiger charge is 2.13. The molecule has 19 heavy (non-hydrogen) atoms. The summed E-state index contributed by atoms with van der Waals surface area (Å²) < 4.78 is 13.2. The lowest BCUT2D eigenvalue weighted by Gasteiger charge is -2.18. The minimum absolute atomic E-state index is 0.0815. The van der Waals surface area contributed by atoms with Crippen LogP contribution in [0.1, 0.15) is 24.2 Å². The summed E-state index contributed by atoms with van der Waals surface area (Å²) in [5.41, 5.74) is 1.97. The Morgan fingerprint density at radius 2 is 2.16 bits per heavy atom. The maximum Gasteiger partial charge on any atom is 0.141 e. The first kappa shape index (κ1) is 14.0. The minimum atomic E-state index is -0.390. The van der Waals surface area contributed by atoms with E-state index >= 15 is 0 Å². The number of likely N-dealkylation sites (N-methyl/N-ethyl adjacent to an activating group) is 1. The molecule has 0 fully saturated rings. The van der Waals surface area contributed by atoms with E-state index in [1.54, 1.807) is 18.3 Å². The van der Waals surface area contributed by atoms with Crippen molar-refractivity contribution in [3.05, 3.63) is 64.7 Å². The number of rotatable bonds is 5. The molecule has 0 saturated carbocycles. The zero-order chi connectivity index (χ0) is 13.7. The summed E-state index contributed by atoms with van der Waals surface area (Å²) >= 11 is 5.84. The average Bonchev–Trinajstić information content (AvgIpc) is 2.43. The van der Waals surface area contributed by atoms with Crippen molar-refractivity contribution in [2.24, 2.45) is 0 Å². The van der Waals surface area contributed by atoms with Crippen LogP contribution in [0.4, 0.5) is 4.39 Å². The van der Waals surface area contributed by atoms with E-state index < -0.39 is 5.82 Å². The van der Waals surface area contributed by atoms with Crippen LogP contribution in [0.25, 0.3) is 0 Å². The molecule has 0 aliphatic heterocycles. The van der Waals surface area contributed by atoms with Crippen LogP contribution in [-0.2, 0) is 6.42 Å². The summed E-state index contributed by atoms with van der Waals surface area (Å²) in [7, 11) is 0. The van der Waals surface area contributed by atoms with E-state index in [4.69, 9.17) is 11.6 Å². The molecular formula is C15H16ClFN2. The molecule has 1 atom stereocenters. The Labute approximate surface area is 117 Å². The number of nitrogens with one attached hydrogen (secondary N) is 1. The van der Waals surface area contributed by atoms with Crippen molar-refractivity contribution in [1.82, 2.24) is 10.3 Å². The highest BCUT2D eigenvalue weighted by Crippen LogP contribution is 2.23. The normalized spacial score (nSPS) is 12.4. The van der Waals surface area contributed by atoms with E-state index in [1.807, 2.05) is 25.1 Å². The lowest BCUT2D eigenvalue weighted by molar-refractivity contribution is 0.542. The fourth-order valence-electron chi connectivity index (χ4n) is 2.01. The van der Waals surface area contributed by atoms with Crippen LogP contribution >= 0.6 is 11.6 Å². The Balaban J connectivity index is 2.21. The molecule has 1 heterocycles. The molecule has 4 heteroatoms. The molecule has 100 valence electrons. The van der Waals surface area contributed by atoms with Gasteiger partial charge in [-0.15, -0.1) is 0 Å². The summed E-state index contributed by atoms with van der Waals surface area (Å²) in [6, 6.07) is 10.8. The number of hydrogen-bond donors (Lipinski definition) is 1. The molecule has 1 aromatic carbocycles. The lowest BCUT2D eigenvalue weighted by Crippen LogP contribution is -2.23. The first-order chi connectivity index (χ1) is 9.20.